The van der Waals surface area contributed by atoms with Gasteiger partial charge in [-0.25, -0.2) is 0 Å². The molecule has 0 aliphatic carbocycles. The summed E-state index contributed by atoms with van der Waals surface area (Å²) in [5.74, 6) is 1.08. The van der Waals surface area contributed by atoms with E-state index < -0.39 is 0 Å². The Labute approximate surface area is 131 Å². The van der Waals surface area contributed by atoms with Gasteiger partial charge in [-0.3, -0.25) is 0 Å². The first-order chi connectivity index (χ1) is 10.4. The van der Waals surface area contributed by atoms with E-state index in [1.165, 1.54) is 16.0 Å². The maximum atomic E-state index is 5.51. The maximum absolute atomic E-state index is 5.51. The topological polar surface area (TPSA) is 21.3 Å². The van der Waals surface area contributed by atoms with E-state index in [2.05, 4.69) is 59.9 Å². The Bertz CT molecular complexity index is 516. The van der Waals surface area contributed by atoms with Gasteiger partial charge in [-0.1, -0.05) is 42.5 Å². The molecular formula is C18H23NOS. The fourth-order valence-electron chi connectivity index (χ4n) is 2.06. The van der Waals surface area contributed by atoms with Crippen molar-refractivity contribution in [2.24, 2.45) is 0 Å². The minimum absolute atomic E-state index is 0.702. The number of hydrogen-bond donors (Lipinski definition) is 1. The Morgan fingerprint density at radius 3 is 2.43 bits per heavy atom. The monoisotopic (exact) mass is 301 g/mol. The van der Waals surface area contributed by atoms with Gasteiger partial charge in [0.25, 0.3) is 0 Å². The molecule has 2 nitrogen and oxygen atoms in total. The third-order valence-corrected chi connectivity index (χ3v) is 4.20. The lowest BCUT2D eigenvalue weighted by molar-refractivity contribution is 0.133. The number of nitrogens with one attached hydrogen (secondary N) is 1. The van der Waals surface area contributed by atoms with Gasteiger partial charge in [0.05, 0.1) is 6.61 Å². The van der Waals surface area contributed by atoms with E-state index in [1.807, 2.05) is 18.7 Å². The molecular weight excluding hydrogens is 278 g/mol. The molecule has 2 rings (SSSR count). The fraction of sp³-hybridized carbons (Fsp3) is 0.333. The summed E-state index contributed by atoms with van der Waals surface area (Å²) in [4.78, 5) is 1.33. The van der Waals surface area contributed by atoms with Gasteiger partial charge >= 0.3 is 0 Å². The smallest absolute Gasteiger partial charge is 0.0719 e. The molecule has 0 fully saturated rings. The van der Waals surface area contributed by atoms with E-state index in [9.17, 15) is 0 Å². The van der Waals surface area contributed by atoms with Gasteiger partial charge in [0.2, 0.25) is 0 Å². The molecule has 0 saturated heterocycles. The van der Waals surface area contributed by atoms with Gasteiger partial charge in [0.15, 0.2) is 0 Å². The van der Waals surface area contributed by atoms with Gasteiger partial charge in [-0.2, -0.15) is 0 Å². The summed E-state index contributed by atoms with van der Waals surface area (Å²) < 4.78 is 5.51. The molecule has 0 aromatic heterocycles. The summed E-state index contributed by atoms with van der Waals surface area (Å²) in [5.41, 5.74) is 2.61. The van der Waals surface area contributed by atoms with Gasteiger partial charge in [-0.05, 0) is 30.2 Å². The normalized spacial score (nSPS) is 10.7. The highest BCUT2D eigenvalue weighted by Gasteiger charge is 2.01. The summed E-state index contributed by atoms with van der Waals surface area (Å²) >= 11 is 1.89. The van der Waals surface area contributed by atoms with E-state index in [1.54, 1.807) is 0 Å². The SMILES string of the molecule is CCOCc1ccccc1CNCCSc1ccccc1. The quantitative estimate of drug-likeness (QED) is 0.556. The molecule has 0 unspecified atom stereocenters. The maximum Gasteiger partial charge on any atom is 0.0719 e. The van der Waals surface area contributed by atoms with Crippen LogP contribution in [-0.2, 0) is 17.9 Å². The molecule has 0 atom stereocenters. The zero-order chi connectivity index (χ0) is 14.8. The molecule has 21 heavy (non-hydrogen) atoms. The number of benzene rings is 2. The predicted molar refractivity (Wildman–Crippen MR) is 90.6 cm³/mol. The predicted octanol–water partition coefficient (Wildman–Crippen LogP) is 4.11. The third-order valence-electron chi connectivity index (χ3n) is 3.19. The summed E-state index contributed by atoms with van der Waals surface area (Å²) in [5, 5.41) is 3.51. The van der Waals surface area contributed by atoms with Crippen molar-refractivity contribution in [1.29, 1.82) is 0 Å². The fourth-order valence-corrected chi connectivity index (χ4v) is 2.90. The average Bonchev–Trinajstić information content (AvgIpc) is 2.54. The second-order valence-electron chi connectivity index (χ2n) is 4.74. The standard InChI is InChI=1S/C18H23NOS/c1-2-20-15-17-9-7-6-8-16(17)14-19-12-13-21-18-10-4-3-5-11-18/h3-11,19H,2,12-15H2,1H3. The average molecular weight is 301 g/mol. The number of rotatable bonds is 9. The zero-order valence-corrected chi connectivity index (χ0v) is 13.4. The summed E-state index contributed by atoms with van der Waals surface area (Å²) in [6, 6.07) is 19.0. The lowest BCUT2D eigenvalue weighted by Gasteiger charge is -2.10. The highest BCUT2D eigenvalue weighted by atomic mass is 32.2. The van der Waals surface area contributed by atoms with Crippen LogP contribution in [0.1, 0.15) is 18.1 Å². The minimum atomic E-state index is 0.702. The van der Waals surface area contributed by atoms with Crippen LogP contribution in [0.25, 0.3) is 0 Å². The largest absolute Gasteiger partial charge is 0.377 e. The summed E-state index contributed by atoms with van der Waals surface area (Å²) in [7, 11) is 0. The molecule has 2 aromatic carbocycles. The highest BCUT2D eigenvalue weighted by molar-refractivity contribution is 7.99. The van der Waals surface area contributed by atoms with Crippen LogP contribution in [-0.4, -0.2) is 18.9 Å². The summed E-state index contributed by atoms with van der Waals surface area (Å²) in [6.45, 7) is 5.39. The van der Waals surface area contributed by atoms with Crippen LogP contribution in [0.15, 0.2) is 59.5 Å². The van der Waals surface area contributed by atoms with Crippen LogP contribution in [0.4, 0.5) is 0 Å². The van der Waals surface area contributed by atoms with Crippen molar-refractivity contribution in [2.75, 3.05) is 18.9 Å². The number of ether oxygens (including phenoxy) is 1. The molecule has 0 spiro atoms. The van der Waals surface area contributed by atoms with E-state index in [0.29, 0.717) is 6.61 Å². The van der Waals surface area contributed by atoms with Gasteiger partial charge in [0.1, 0.15) is 0 Å². The highest BCUT2D eigenvalue weighted by Crippen LogP contribution is 2.16. The molecule has 0 radical (unpaired) electrons. The van der Waals surface area contributed by atoms with E-state index in [-0.39, 0.29) is 0 Å². The van der Waals surface area contributed by atoms with Crippen LogP contribution < -0.4 is 5.32 Å². The van der Waals surface area contributed by atoms with Crippen molar-refractivity contribution in [3.8, 4) is 0 Å². The Morgan fingerprint density at radius 1 is 0.952 bits per heavy atom. The van der Waals surface area contributed by atoms with Crippen molar-refractivity contribution in [3.05, 3.63) is 65.7 Å². The number of hydrogen-bond acceptors (Lipinski definition) is 3. The molecule has 0 bridgehead atoms. The third kappa shape index (κ3) is 5.92. The van der Waals surface area contributed by atoms with E-state index in [4.69, 9.17) is 4.74 Å². The Balaban J connectivity index is 1.71. The first kappa shape index (κ1) is 16.1. The lowest BCUT2D eigenvalue weighted by Crippen LogP contribution is -2.17. The molecule has 0 heterocycles. The molecule has 0 saturated carbocycles. The zero-order valence-electron chi connectivity index (χ0n) is 12.5. The van der Waals surface area contributed by atoms with Crippen LogP contribution in [0, 0.1) is 0 Å². The van der Waals surface area contributed by atoms with Crippen LogP contribution >= 0.6 is 11.8 Å². The van der Waals surface area contributed by atoms with Crippen molar-refractivity contribution in [2.45, 2.75) is 25.0 Å². The molecule has 0 aliphatic rings. The van der Waals surface area contributed by atoms with Crippen molar-refractivity contribution >= 4 is 11.8 Å². The van der Waals surface area contributed by atoms with Gasteiger partial charge < -0.3 is 10.1 Å². The van der Waals surface area contributed by atoms with Crippen molar-refractivity contribution < 1.29 is 4.74 Å². The van der Waals surface area contributed by atoms with Crippen LogP contribution in [0.5, 0.6) is 0 Å². The first-order valence-corrected chi connectivity index (χ1v) is 8.42. The molecule has 3 heteroatoms. The Kier molecular flexibility index (Phi) is 7.36. The number of thioether (sulfide) groups is 1. The Hall–Kier alpha value is -1.29. The molecule has 1 N–H and O–H groups in total. The lowest BCUT2D eigenvalue weighted by atomic mass is 10.1. The van der Waals surface area contributed by atoms with E-state index >= 15 is 0 Å². The molecule has 0 amide bonds. The molecule has 0 aliphatic heterocycles. The van der Waals surface area contributed by atoms with Crippen molar-refractivity contribution in [3.63, 3.8) is 0 Å². The van der Waals surface area contributed by atoms with Gasteiger partial charge in [-0.15, -0.1) is 11.8 Å². The van der Waals surface area contributed by atoms with Gasteiger partial charge in [0, 0.05) is 30.3 Å². The molecule has 2 aromatic rings. The molecule has 112 valence electrons. The Morgan fingerprint density at radius 2 is 1.67 bits per heavy atom. The van der Waals surface area contributed by atoms with Crippen LogP contribution in [0.2, 0.25) is 0 Å². The first-order valence-electron chi connectivity index (χ1n) is 7.43. The van der Waals surface area contributed by atoms with E-state index in [0.717, 1.165) is 25.4 Å². The second-order valence-corrected chi connectivity index (χ2v) is 5.91. The second kappa shape index (κ2) is 9.61. The summed E-state index contributed by atoms with van der Waals surface area (Å²) in [6.07, 6.45) is 0. The van der Waals surface area contributed by atoms with Crippen LogP contribution in [0.3, 0.4) is 0 Å². The minimum Gasteiger partial charge on any atom is -0.377 e. The van der Waals surface area contributed by atoms with Crippen molar-refractivity contribution in [1.82, 2.24) is 5.32 Å².